The SMILES string of the molecule is CCCN1CCCc2cc(/C=N/NC(=S)Nc3cccc(C)c3C)ccc21. The van der Waals surface area contributed by atoms with Crippen molar-refractivity contribution in [1.29, 1.82) is 0 Å². The zero-order chi connectivity index (χ0) is 19.2. The van der Waals surface area contributed by atoms with E-state index in [1.54, 1.807) is 0 Å². The van der Waals surface area contributed by atoms with Crippen molar-refractivity contribution in [1.82, 2.24) is 5.43 Å². The van der Waals surface area contributed by atoms with Gasteiger partial charge in [-0.1, -0.05) is 25.1 Å². The molecule has 142 valence electrons. The molecule has 0 amide bonds. The minimum absolute atomic E-state index is 0.493. The minimum Gasteiger partial charge on any atom is -0.371 e. The molecule has 0 fully saturated rings. The maximum Gasteiger partial charge on any atom is 0.191 e. The zero-order valence-corrected chi connectivity index (χ0v) is 17.2. The predicted octanol–water partition coefficient (Wildman–Crippen LogP) is 4.79. The fraction of sp³-hybridized carbons (Fsp3) is 0.364. The van der Waals surface area contributed by atoms with Crippen LogP contribution in [0.4, 0.5) is 11.4 Å². The first-order valence-corrected chi connectivity index (χ1v) is 10.0. The first kappa shape index (κ1) is 19.4. The summed E-state index contributed by atoms with van der Waals surface area (Å²) in [5.41, 5.74) is 10.2. The van der Waals surface area contributed by atoms with Crippen LogP contribution in [0.5, 0.6) is 0 Å². The molecular formula is C22H28N4S. The fourth-order valence-electron chi connectivity index (χ4n) is 3.48. The molecule has 0 aliphatic carbocycles. The molecule has 0 bridgehead atoms. The third-order valence-corrected chi connectivity index (χ3v) is 5.24. The molecule has 1 aliphatic heterocycles. The van der Waals surface area contributed by atoms with Crippen LogP contribution in [-0.4, -0.2) is 24.4 Å². The summed E-state index contributed by atoms with van der Waals surface area (Å²) in [4.78, 5) is 2.49. The van der Waals surface area contributed by atoms with E-state index in [0.717, 1.165) is 30.8 Å². The summed E-state index contributed by atoms with van der Waals surface area (Å²) in [6, 6.07) is 12.7. The molecule has 27 heavy (non-hydrogen) atoms. The van der Waals surface area contributed by atoms with Crippen LogP contribution in [0, 0.1) is 13.8 Å². The summed E-state index contributed by atoms with van der Waals surface area (Å²) >= 11 is 5.35. The molecule has 2 N–H and O–H groups in total. The Morgan fingerprint density at radius 2 is 2.11 bits per heavy atom. The smallest absolute Gasteiger partial charge is 0.191 e. The average Bonchev–Trinajstić information content (AvgIpc) is 2.66. The van der Waals surface area contributed by atoms with Gasteiger partial charge in [-0.25, -0.2) is 0 Å². The number of benzene rings is 2. The lowest BCUT2D eigenvalue weighted by Gasteiger charge is -2.31. The van der Waals surface area contributed by atoms with Gasteiger partial charge in [0, 0.05) is 24.5 Å². The van der Waals surface area contributed by atoms with Gasteiger partial charge >= 0.3 is 0 Å². The number of hydrazone groups is 1. The van der Waals surface area contributed by atoms with Crippen molar-refractivity contribution in [2.75, 3.05) is 23.3 Å². The number of hydrogen-bond donors (Lipinski definition) is 2. The summed E-state index contributed by atoms with van der Waals surface area (Å²) in [6.07, 6.45) is 5.36. The number of fused-ring (bicyclic) bond motifs is 1. The van der Waals surface area contributed by atoms with Crippen LogP contribution in [-0.2, 0) is 6.42 Å². The summed E-state index contributed by atoms with van der Waals surface area (Å²) in [6.45, 7) is 8.69. The quantitative estimate of drug-likeness (QED) is 0.445. The number of rotatable bonds is 5. The van der Waals surface area contributed by atoms with Crippen LogP contribution in [0.3, 0.4) is 0 Å². The molecule has 0 saturated carbocycles. The molecule has 0 saturated heterocycles. The fourth-order valence-corrected chi connectivity index (χ4v) is 3.64. The lowest BCUT2D eigenvalue weighted by Crippen LogP contribution is -2.30. The summed E-state index contributed by atoms with van der Waals surface area (Å²) in [5.74, 6) is 0. The van der Waals surface area contributed by atoms with Gasteiger partial charge in [-0.2, -0.15) is 5.10 Å². The van der Waals surface area contributed by atoms with Gasteiger partial charge in [-0.05, 0) is 85.8 Å². The van der Waals surface area contributed by atoms with Crippen molar-refractivity contribution in [2.24, 2.45) is 5.10 Å². The normalized spacial score (nSPS) is 13.5. The second-order valence-corrected chi connectivity index (χ2v) is 7.46. The van der Waals surface area contributed by atoms with Crippen LogP contribution in [0.25, 0.3) is 0 Å². The molecule has 2 aromatic rings. The molecule has 1 heterocycles. The van der Waals surface area contributed by atoms with Gasteiger partial charge in [-0.15, -0.1) is 0 Å². The van der Waals surface area contributed by atoms with E-state index in [1.165, 1.54) is 35.2 Å². The van der Waals surface area contributed by atoms with Crippen LogP contribution in [0.1, 0.15) is 42.0 Å². The molecule has 0 atom stereocenters. The molecule has 0 unspecified atom stereocenters. The maximum atomic E-state index is 5.35. The monoisotopic (exact) mass is 380 g/mol. The van der Waals surface area contributed by atoms with Crippen LogP contribution in [0.15, 0.2) is 41.5 Å². The van der Waals surface area contributed by atoms with Crippen molar-refractivity contribution in [2.45, 2.75) is 40.0 Å². The number of anilines is 2. The first-order chi connectivity index (χ1) is 13.1. The molecule has 4 nitrogen and oxygen atoms in total. The third-order valence-electron chi connectivity index (χ3n) is 5.04. The Bertz CT molecular complexity index is 844. The summed E-state index contributed by atoms with van der Waals surface area (Å²) < 4.78 is 0. The highest BCUT2D eigenvalue weighted by Crippen LogP contribution is 2.27. The molecule has 5 heteroatoms. The largest absolute Gasteiger partial charge is 0.371 e. The number of aryl methyl sites for hydroxylation is 2. The predicted molar refractivity (Wildman–Crippen MR) is 120 cm³/mol. The van der Waals surface area contributed by atoms with Gasteiger partial charge < -0.3 is 10.2 Å². The van der Waals surface area contributed by atoms with E-state index in [0.29, 0.717) is 5.11 Å². The Balaban J connectivity index is 1.61. The molecule has 0 radical (unpaired) electrons. The van der Waals surface area contributed by atoms with E-state index < -0.39 is 0 Å². The van der Waals surface area contributed by atoms with E-state index in [4.69, 9.17) is 12.2 Å². The van der Waals surface area contributed by atoms with Gasteiger partial charge in [0.05, 0.1) is 6.21 Å². The van der Waals surface area contributed by atoms with Gasteiger partial charge in [0.1, 0.15) is 0 Å². The van der Waals surface area contributed by atoms with E-state index in [9.17, 15) is 0 Å². The lowest BCUT2D eigenvalue weighted by molar-refractivity contribution is 0.681. The zero-order valence-electron chi connectivity index (χ0n) is 16.4. The third kappa shape index (κ3) is 4.86. The summed E-state index contributed by atoms with van der Waals surface area (Å²) in [5, 5.41) is 8.00. The standard InChI is InChI=1S/C22H28N4S/c1-4-12-26-13-6-8-19-14-18(10-11-21(19)26)15-23-25-22(27)24-20-9-5-7-16(2)17(20)3/h5,7,9-11,14-15H,4,6,8,12-13H2,1-3H3,(H2,24,25,27)/b23-15+. The number of hydrogen-bond acceptors (Lipinski definition) is 3. The topological polar surface area (TPSA) is 39.7 Å². The van der Waals surface area contributed by atoms with Crippen molar-refractivity contribution in [3.63, 3.8) is 0 Å². The van der Waals surface area contributed by atoms with Crippen LogP contribution in [0.2, 0.25) is 0 Å². The Morgan fingerprint density at radius 3 is 2.93 bits per heavy atom. The minimum atomic E-state index is 0.493. The van der Waals surface area contributed by atoms with Crippen molar-refractivity contribution in [3.05, 3.63) is 58.7 Å². The second-order valence-electron chi connectivity index (χ2n) is 7.05. The van der Waals surface area contributed by atoms with E-state index in [1.807, 2.05) is 18.3 Å². The molecular weight excluding hydrogens is 352 g/mol. The highest BCUT2D eigenvalue weighted by molar-refractivity contribution is 7.80. The highest BCUT2D eigenvalue weighted by Gasteiger charge is 2.15. The van der Waals surface area contributed by atoms with Crippen LogP contribution >= 0.6 is 12.2 Å². The molecule has 2 aromatic carbocycles. The van der Waals surface area contributed by atoms with Gasteiger partial charge in [-0.3, -0.25) is 5.43 Å². The second kappa shape index (κ2) is 9.00. The lowest BCUT2D eigenvalue weighted by atomic mass is 9.99. The van der Waals surface area contributed by atoms with E-state index >= 15 is 0 Å². The van der Waals surface area contributed by atoms with Crippen molar-refractivity contribution >= 4 is 34.9 Å². The summed E-state index contributed by atoms with van der Waals surface area (Å²) in [7, 11) is 0. The van der Waals surface area contributed by atoms with Gasteiger partial charge in [0.15, 0.2) is 5.11 Å². The number of nitrogens with zero attached hydrogens (tertiary/aromatic N) is 2. The molecule has 1 aliphatic rings. The molecule has 0 spiro atoms. The highest BCUT2D eigenvalue weighted by atomic mass is 32.1. The van der Waals surface area contributed by atoms with Gasteiger partial charge in [0.2, 0.25) is 0 Å². The van der Waals surface area contributed by atoms with Crippen molar-refractivity contribution in [3.8, 4) is 0 Å². The Hall–Kier alpha value is -2.40. The Kier molecular flexibility index (Phi) is 6.45. The van der Waals surface area contributed by atoms with Crippen LogP contribution < -0.4 is 15.6 Å². The first-order valence-electron chi connectivity index (χ1n) is 9.62. The number of nitrogens with one attached hydrogen (secondary N) is 2. The van der Waals surface area contributed by atoms with E-state index in [2.05, 4.69) is 65.8 Å². The maximum absolute atomic E-state index is 5.35. The average molecular weight is 381 g/mol. The van der Waals surface area contributed by atoms with E-state index in [-0.39, 0.29) is 0 Å². The van der Waals surface area contributed by atoms with Gasteiger partial charge in [0.25, 0.3) is 0 Å². The Labute approximate surface area is 167 Å². The van der Waals surface area contributed by atoms with Crippen molar-refractivity contribution < 1.29 is 0 Å². The Morgan fingerprint density at radius 1 is 1.26 bits per heavy atom. The number of thiocarbonyl (C=S) groups is 1. The molecule has 3 rings (SSSR count). The molecule has 0 aromatic heterocycles.